The summed E-state index contributed by atoms with van der Waals surface area (Å²) in [7, 11) is 1.78. The van der Waals surface area contributed by atoms with E-state index in [0.717, 1.165) is 31.0 Å². The van der Waals surface area contributed by atoms with Gasteiger partial charge < -0.3 is 16.0 Å². The van der Waals surface area contributed by atoms with Crippen LogP contribution in [0.2, 0.25) is 5.15 Å². The van der Waals surface area contributed by atoms with Crippen LogP contribution < -0.4 is 16.0 Å². The molecule has 0 radical (unpaired) electrons. The van der Waals surface area contributed by atoms with Crippen molar-refractivity contribution < 1.29 is 0 Å². The molecule has 27 heavy (non-hydrogen) atoms. The fourth-order valence-electron chi connectivity index (χ4n) is 2.87. The van der Waals surface area contributed by atoms with Crippen LogP contribution >= 0.6 is 11.6 Å². The van der Waals surface area contributed by atoms with Gasteiger partial charge in [-0.3, -0.25) is 4.99 Å². The van der Waals surface area contributed by atoms with Crippen molar-refractivity contribution in [3.05, 3.63) is 64.9 Å². The predicted molar refractivity (Wildman–Crippen MR) is 114 cm³/mol. The average Bonchev–Trinajstić information content (AvgIpc) is 2.66. The third-order valence-electron chi connectivity index (χ3n) is 4.32. The molecular weight excluding hydrogens is 358 g/mol. The van der Waals surface area contributed by atoms with Gasteiger partial charge in [0.05, 0.1) is 0 Å². The van der Waals surface area contributed by atoms with E-state index in [-0.39, 0.29) is 11.6 Å². The van der Waals surface area contributed by atoms with Gasteiger partial charge in [-0.2, -0.15) is 0 Å². The summed E-state index contributed by atoms with van der Waals surface area (Å²) in [6, 6.07) is 14.5. The van der Waals surface area contributed by atoms with Crippen LogP contribution in [0.4, 0.5) is 0 Å². The monoisotopic (exact) mass is 387 g/mol. The van der Waals surface area contributed by atoms with Crippen molar-refractivity contribution in [3.63, 3.8) is 0 Å². The lowest BCUT2D eigenvalue weighted by Crippen LogP contribution is -2.52. The molecule has 0 amide bonds. The van der Waals surface area contributed by atoms with Gasteiger partial charge in [-0.25, -0.2) is 4.98 Å². The molecule has 0 saturated heterocycles. The highest BCUT2D eigenvalue weighted by Gasteiger charge is 2.21. The molecular formula is C21H30ClN5. The van der Waals surface area contributed by atoms with Gasteiger partial charge in [0.2, 0.25) is 0 Å². The van der Waals surface area contributed by atoms with Crippen LogP contribution in [0.5, 0.6) is 0 Å². The van der Waals surface area contributed by atoms with E-state index in [4.69, 9.17) is 11.6 Å². The Labute approximate surface area is 167 Å². The van der Waals surface area contributed by atoms with Crippen molar-refractivity contribution in [1.29, 1.82) is 0 Å². The quantitative estimate of drug-likeness (QED) is 0.368. The van der Waals surface area contributed by atoms with Crippen molar-refractivity contribution in [3.8, 4) is 0 Å². The summed E-state index contributed by atoms with van der Waals surface area (Å²) in [5, 5.41) is 10.9. The van der Waals surface area contributed by atoms with Crippen molar-refractivity contribution in [2.24, 2.45) is 4.99 Å². The molecule has 1 aromatic heterocycles. The molecule has 0 aliphatic heterocycles. The Hall–Kier alpha value is -2.11. The van der Waals surface area contributed by atoms with E-state index in [9.17, 15) is 0 Å². The Bertz CT molecular complexity index is 713. The number of nitrogens with zero attached hydrogens (tertiary/aromatic N) is 2. The van der Waals surface area contributed by atoms with E-state index in [0.29, 0.717) is 5.15 Å². The second-order valence-electron chi connectivity index (χ2n) is 7.25. The minimum absolute atomic E-state index is 0.0903. The molecule has 0 aliphatic carbocycles. The van der Waals surface area contributed by atoms with Gasteiger partial charge in [-0.1, -0.05) is 48.0 Å². The summed E-state index contributed by atoms with van der Waals surface area (Å²) >= 11 is 5.82. The highest BCUT2D eigenvalue weighted by atomic mass is 35.5. The number of benzene rings is 1. The SMILES string of the molecule is CN=C(NCCc1ccc(Cl)nc1)NCC(C)(C)NC(C)c1ccccc1. The van der Waals surface area contributed by atoms with Crippen LogP contribution in [0.3, 0.4) is 0 Å². The molecule has 1 atom stereocenters. The number of aromatic nitrogens is 1. The second-order valence-corrected chi connectivity index (χ2v) is 7.64. The summed E-state index contributed by atoms with van der Waals surface area (Å²) in [4.78, 5) is 8.41. The minimum atomic E-state index is -0.0903. The van der Waals surface area contributed by atoms with Crippen LogP contribution in [0.1, 0.15) is 37.9 Å². The molecule has 2 rings (SSSR count). The first-order valence-electron chi connectivity index (χ1n) is 9.27. The Morgan fingerprint density at radius 3 is 2.52 bits per heavy atom. The highest BCUT2D eigenvalue weighted by Crippen LogP contribution is 2.15. The van der Waals surface area contributed by atoms with Crippen LogP contribution in [0.25, 0.3) is 0 Å². The Morgan fingerprint density at radius 2 is 1.89 bits per heavy atom. The maximum Gasteiger partial charge on any atom is 0.191 e. The number of halogens is 1. The topological polar surface area (TPSA) is 61.3 Å². The molecule has 2 aromatic rings. The predicted octanol–water partition coefficient (Wildman–Crippen LogP) is 3.57. The largest absolute Gasteiger partial charge is 0.356 e. The summed E-state index contributed by atoms with van der Waals surface area (Å²) < 4.78 is 0. The molecule has 146 valence electrons. The van der Waals surface area contributed by atoms with Gasteiger partial charge in [0.15, 0.2) is 5.96 Å². The van der Waals surface area contributed by atoms with Gasteiger partial charge in [0.1, 0.15) is 5.15 Å². The van der Waals surface area contributed by atoms with Crippen LogP contribution in [0, 0.1) is 0 Å². The molecule has 1 unspecified atom stereocenters. The zero-order valence-corrected chi connectivity index (χ0v) is 17.3. The summed E-state index contributed by atoms with van der Waals surface area (Å²) in [5.74, 6) is 0.791. The first-order valence-corrected chi connectivity index (χ1v) is 9.65. The lowest BCUT2D eigenvalue weighted by molar-refractivity contribution is 0.345. The number of hydrogen-bond acceptors (Lipinski definition) is 3. The fraction of sp³-hybridized carbons (Fsp3) is 0.429. The smallest absolute Gasteiger partial charge is 0.191 e. The minimum Gasteiger partial charge on any atom is -0.356 e. The van der Waals surface area contributed by atoms with Crippen molar-refractivity contribution in [2.45, 2.75) is 38.8 Å². The lowest BCUT2D eigenvalue weighted by atomic mass is 10.0. The standard InChI is InChI=1S/C21H30ClN5/c1-16(18-8-6-5-7-9-18)27-21(2,3)15-26-20(23-4)24-13-12-17-10-11-19(22)25-14-17/h5-11,14,16,27H,12-13,15H2,1-4H3,(H2,23,24,26). The second kappa shape index (κ2) is 10.3. The molecule has 0 aliphatic rings. The maximum absolute atomic E-state index is 5.82. The molecule has 5 nitrogen and oxygen atoms in total. The summed E-state index contributed by atoms with van der Waals surface area (Å²) in [5.41, 5.74) is 2.33. The number of guanidine groups is 1. The zero-order chi connectivity index (χ0) is 19.7. The molecule has 1 heterocycles. The van der Waals surface area contributed by atoms with Gasteiger partial charge in [-0.15, -0.1) is 0 Å². The van der Waals surface area contributed by atoms with Gasteiger partial charge in [-0.05, 0) is 44.4 Å². The number of hydrogen-bond donors (Lipinski definition) is 3. The van der Waals surface area contributed by atoms with Gasteiger partial charge in [0.25, 0.3) is 0 Å². The van der Waals surface area contributed by atoms with E-state index in [1.165, 1.54) is 5.56 Å². The van der Waals surface area contributed by atoms with Crippen LogP contribution in [0.15, 0.2) is 53.7 Å². The molecule has 6 heteroatoms. The molecule has 3 N–H and O–H groups in total. The van der Waals surface area contributed by atoms with Crippen molar-refractivity contribution in [2.75, 3.05) is 20.1 Å². The molecule has 1 aromatic carbocycles. The molecule has 0 fully saturated rings. The Balaban J connectivity index is 1.77. The summed E-state index contributed by atoms with van der Waals surface area (Å²) in [6.45, 7) is 8.09. The average molecular weight is 388 g/mol. The van der Waals surface area contributed by atoms with Gasteiger partial charge in [0, 0.05) is 37.9 Å². The normalized spacial score (nSPS) is 13.3. The van der Waals surface area contributed by atoms with Crippen LogP contribution in [-0.4, -0.2) is 36.6 Å². The third-order valence-corrected chi connectivity index (χ3v) is 4.55. The summed E-state index contributed by atoms with van der Waals surface area (Å²) in [6.07, 6.45) is 2.66. The Kier molecular flexibility index (Phi) is 8.07. The van der Waals surface area contributed by atoms with E-state index < -0.39 is 0 Å². The first-order chi connectivity index (χ1) is 12.9. The number of nitrogens with one attached hydrogen (secondary N) is 3. The first kappa shape index (κ1) is 21.2. The van der Waals surface area contributed by atoms with Crippen molar-refractivity contribution >= 4 is 17.6 Å². The van der Waals surface area contributed by atoms with E-state index in [1.807, 2.05) is 18.2 Å². The van der Waals surface area contributed by atoms with Gasteiger partial charge >= 0.3 is 0 Å². The number of pyridine rings is 1. The molecule has 0 bridgehead atoms. The third kappa shape index (κ3) is 7.57. The van der Waals surface area contributed by atoms with Crippen LogP contribution in [-0.2, 0) is 6.42 Å². The lowest BCUT2D eigenvalue weighted by Gasteiger charge is -2.31. The number of aliphatic imine (C=N–C) groups is 1. The zero-order valence-electron chi connectivity index (χ0n) is 16.6. The van der Waals surface area contributed by atoms with Crippen molar-refractivity contribution in [1.82, 2.24) is 20.9 Å². The highest BCUT2D eigenvalue weighted by molar-refractivity contribution is 6.29. The number of rotatable bonds is 8. The van der Waals surface area contributed by atoms with E-state index in [1.54, 1.807) is 13.2 Å². The Morgan fingerprint density at radius 1 is 1.15 bits per heavy atom. The van der Waals surface area contributed by atoms with E-state index >= 15 is 0 Å². The van der Waals surface area contributed by atoms with E-state index in [2.05, 4.69) is 71.0 Å². The molecule has 0 spiro atoms. The fourth-order valence-corrected chi connectivity index (χ4v) is 2.98. The molecule has 0 saturated carbocycles. The maximum atomic E-state index is 5.82.